The van der Waals surface area contributed by atoms with E-state index in [0.29, 0.717) is 13.1 Å². The van der Waals surface area contributed by atoms with Crippen LogP contribution in [0.2, 0.25) is 0 Å². The van der Waals surface area contributed by atoms with Crippen molar-refractivity contribution in [1.29, 1.82) is 0 Å². The lowest BCUT2D eigenvalue weighted by Gasteiger charge is -2.25. The Balaban J connectivity index is 4.39. The second kappa shape index (κ2) is 8.47. The van der Waals surface area contributed by atoms with E-state index in [9.17, 15) is 14.4 Å². The number of nitrogens with one attached hydrogen (secondary N) is 3. The van der Waals surface area contributed by atoms with Gasteiger partial charge in [0.25, 0.3) is 0 Å². The molecule has 19 heavy (non-hydrogen) atoms. The van der Waals surface area contributed by atoms with Gasteiger partial charge in [0.15, 0.2) is 0 Å². The van der Waals surface area contributed by atoms with Crippen molar-refractivity contribution in [3.05, 3.63) is 0 Å². The normalized spacial score (nSPS) is 13.3. The van der Waals surface area contributed by atoms with Crippen LogP contribution in [0.5, 0.6) is 0 Å². The highest BCUT2D eigenvalue weighted by Crippen LogP contribution is 1.96. The van der Waals surface area contributed by atoms with Crippen LogP contribution in [-0.2, 0) is 9.59 Å². The molecule has 0 aliphatic carbocycles. The monoisotopic (exact) mass is 272 g/mol. The van der Waals surface area contributed by atoms with Gasteiger partial charge >= 0.3 is 6.03 Å². The molecule has 4 amide bonds. The molecule has 0 aromatic carbocycles. The van der Waals surface area contributed by atoms with Crippen molar-refractivity contribution in [3.63, 3.8) is 0 Å². The van der Waals surface area contributed by atoms with Crippen molar-refractivity contribution in [2.45, 2.75) is 39.8 Å². The molecule has 0 bridgehead atoms. The molecule has 0 fully saturated rings. The highest BCUT2D eigenvalue weighted by Gasteiger charge is 2.23. The first-order valence-corrected chi connectivity index (χ1v) is 6.44. The fourth-order valence-electron chi connectivity index (χ4n) is 1.61. The van der Waals surface area contributed by atoms with E-state index < -0.39 is 24.0 Å². The van der Waals surface area contributed by atoms with Gasteiger partial charge in [-0.2, -0.15) is 0 Å². The highest BCUT2D eigenvalue weighted by molar-refractivity contribution is 5.97. The number of carbonyl (C=O) groups is 3. The molecule has 0 aromatic rings. The van der Waals surface area contributed by atoms with E-state index >= 15 is 0 Å². The van der Waals surface area contributed by atoms with E-state index in [2.05, 4.69) is 16.0 Å². The van der Waals surface area contributed by atoms with Crippen LogP contribution in [0.25, 0.3) is 0 Å². The average molecular weight is 272 g/mol. The minimum atomic E-state index is -0.633. The molecule has 2 atom stereocenters. The number of hydrogen-bond acceptors (Lipinski definition) is 4. The van der Waals surface area contributed by atoms with E-state index in [4.69, 9.17) is 0 Å². The maximum atomic E-state index is 12.0. The molecule has 0 spiro atoms. The van der Waals surface area contributed by atoms with Crippen molar-refractivity contribution in [3.8, 4) is 0 Å². The number of urea groups is 1. The summed E-state index contributed by atoms with van der Waals surface area (Å²) in [6, 6.07) is -1.68. The van der Waals surface area contributed by atoms with Crippen molar-refractivity contribution in [2.75, 3.05) is 20.1 Å². The van der Waals surface area contributed by atoms with Gasteiger partial charge in [-0.3, -0.25) is 20.2 Å². The molecule has 3 N–H and O–H groups in total. The summed E-state index contributed by atoms with van der Waals surface area (Å²) >= 11 is 0. The number of hydrogen-bond donors (Lipinski definition) is 3. The van der Waals surface area contributed by atoms with E-state index in [1.165, 1.54) is 7.05 Å². The Hall–Kier alpha value is -1.63. The molecule has 0 rings (SSSR count). The van der Waals surface area contributed by atoms with Gasteiger partial charge < -0.3 is 10.2 Å². The number of imide groups is 1. The molecule has 0 heterocycles. The maximum Gasteiger partial charge on any atom is 0.321 e. The summed E-state index contributed by atoms with van der Waals surface area (Å²) in [4.78, 5) is 36.3. The molecule has 0 aliphatic rings. The fourth-order valence-corrected chi connectivity index (χ4v) is 1.61. The Labute approximate surface area is 114 Å². The third kappa shape index (κ3) is 5.69. The van der Waals surface area contributed by atoms with Crippen molar-refractivity contribution < 1.29 is 14.4 Å². The van der Waals surface area contributed by atoms with Crippen LogP contribution in [-0.4, -0.2) is 55.0 Å². The zero-order chi connectivity index (χ0) is 15.0. The Morgan fingerprint density at radius 1 is 1.05 bits per heavy atom. The van der Waals surface area contributed by atoms with Crippen LogP contribution in [0, 0.1) is 0 Å². The third-order valence-electron chi connectivity index (χ3n) is 2.80. The number of nitrogens with zero attached hydrogens (tertiary/aromatic N) is 1. The van der Waals surface area contributed by atoms with Gasteiger partial charge in [0.2, 0.25) is 11.8 Å². The molecule has 0 radical (unpaired) electrons. The summed E-state index contributed by atoms with van der Waals surface area (Å²) in [5, 5.41) is 7.32. The van der Waals surface area contributed by atoms with Gasteiger partial charge in [-0.15, -0.1) is 0 Å². The van der Waals surface area contributed by atoms with Gasteiger partial charge in [0.1, 0.15) is 0 Å². The molecule has 0 saturated carbocycles. The number of carbonyl (C=O) groups excluding carboxylic acids is 3. The van der Waals surface area contributed by atoms with Crippen molar-refractivity contribution in [2.24, 2.45) is 0 Å². The minimum absolute atomic E-state index is 0.0652. The van der Waals surface area contributed by atoms with Gasteiger partial charge in [-0.25, -0.2) is 4.79 Å². The number of amides is 4. The molecule has 0 saturated heterocycles. The number of likely N-dealkylation sites (N-methyl/N-ethyl adjacent to an activating group) is 1. The van der Waals surface area contributed by atoms with Crippen LogP contribution < -0.4 is 16.0 Å². The van der Waals surface area contributed by atoms with Crippen LogP contribution in [0.1, 0.15) is 27.7 Å². The average Bonchev–Trinajstić information content (AvgIpc) is 2.39. The lowest BCUT2D eigenvalue weighted by Crippen LogP contribution is -2.53. The summed E-state index contributed by atoms with van der Waals surface area (Å²) < 4.78 is 0. The topological polar surface area (TPSA) is 90.5 Å². The van der Waals surface area contributed by atoms with Crippen molar-refractivity contribution >= 4 is 17.8 Å². The number of rotatable bonds is 6. The quantitative estimate of drug-likeness (QED) is 0.618. The largest absolute Gasteiger partial charge is 0.342 e. The Morgan fingerprint density at radius 2 is 1.58 bits per heavy atom. The first-order valence-electron chi connectivity index (χ1n) is 6.44. The van der Waals surface area contributed by atoms with Crippen molar-refractivity contribution in [1.82, 2.24) is 20.9 Å². The lowest BCUT2D eigenvalue weighted by atomic mass is 10.2. The minimum Gasteiger partial charge on any atom is -0.342 e. The standard InChI is InChI=1S/C12H24N4O3/c1-6-16(7-2)11(18)9(4)14-8(3)10(17)15-12(19)13-5/h8-9,14H,6-7H2,1-5H3,(H2,13,15,17,19). The molecule has 0 aromatic heterocycles. The Bertz CT molecular complexity index is 329. The molecular formula is C12H24N4O3. The first-order chi connectivity index (χ1) is 8.87. The van der Waals surface area contributed by atoms with Crippen LogP contribution in [0.4, 0.5) is 4.79 Å². The highest BCUT2D eigenvalue weighted by atomic mass is 16.2. The van der Waals surface area contributed by atoms with Crippen LogP contribution >= 0.6 is 0 Å². The molecular weight excluding hydrogens is 248 g/mol. The Morgan fingerprint density at radius 3 is 2.00 bits per heavy atom. The second-order valence-corrected chi connectivity index (χ2v) is 4.19. The third-order valence-corrected chi connectivity index (χ3v) is 2.80. The molecule has 7 nitrogen and oxygen atoms in total. The summed E-state index contributed by atoms with van der Waals surface area (Å²) in [5.41, 5.74) is 0. The van der Waals surface area contributed by atoms with Gasteiger partial charge in [0, 0.05) is 20.1 Å². The molecule has 0 aliphatic heterocycles. The summed E-state index contributed by atoms with van der Waals surface area (Å²) in [5.74, 6) is -0.539. The van der Waals surface area contributed by atoms with Gasteiger partial charge in [0.05, 0.1) is 12.1 Å². The second-order valence-electron chi connectivity index (χ2n) is 4.19. The summed E-state index contributed by atoms with van der Waals surface area (Å²) in [6.45, 7) is 8.35. The van der Waals surface area contributed by atoms with Gasteiger partial charge in [-0.1, -0.05) is 0 Å². The maximum absolute atomic E-state index is 12.0. The predicted molar refractivity (Wildman–Crippen MR) is 72.6 cm³/mol. The first kappa shape index (κ1) is 17.4. The predicted octanol–water partition coefficient (Wildman–Crippen LogP) is -0.323. The SMILES string of the molecule is CCN(CC)C(=O)C(C)NC(C)C(=O)NC(=O)NC. The zero-order valence-corrected chi connectivity index (χ0v) is 12.2. The molecule has 7 heteroatoms. The summed E-state index contributed by atoms with van der Waals surface area (Å²) in [6.07, 6.45) is 0. The smallest absolute Gasteiger partial charge is 0.321 e. The Kier molecular flexibility index (Phi) is 7.74. The van der Waals surface area contributed by atoms with E-state index in [-0.39, 0.29) is 5.91 Å². The van der Waals surface area contributed by atoms with Crippen LogP contribution in [0.15, 0.2) is 0 Å². The zero-order valence-electron chi connectivity index (χ0n) is 12.2. The molecule has 2 unspecified atom stereocenters. The van der Waals surface area contributed by atoms with Gasteiger partial charge in [-0.05, 0) is 27.7 Å². The lowest BCUT2D eigenvalue weighted by molar-refractivity contribution is -0.133. The van der Waals surface area contributed by atoms with E-state index in [0.717, 1.165) is 0 Å². The fraction of sp³-hybridized carbons (Fsp3) is 0.750. The van der Waals surface area contributed by atoms with E-state index in [1.807, 2.05) is 13.8 Å². The van der Waals surface area contributed by atoms with Crippen LogP contribution in [0.3, 0.4) is 0 Å². The molecule has 110 valence electrons. The van der Waals surface area contributed by atoms with E-state index in [1.54, 1.807) is 18.7 Å². The summed E-state index contributed by atoms with van der Waals surface area (Å²) in [7, 11) is 1.42.